The molecule has 0 bridgehead atoms. The number of amides is 2. The van der Waals surface area contributed by atoms with E-state index >= 15 is 0 Å². The van der Waals surface area contributed by atoms with E-state index in [9.17, 15) is 27.6 Å². The van der Waals surface area contributed by atoms with Gasteiger partial charge in [-0.25, -0.2) is 0 Å². The molecule has 2 amide bonds. The van der Waals surface area contributed by atoms with E-state index in [0.29, 0.717) is 16.3 Å². The number of anilines is 1. The van der Waals surface area contributed by atoms with E-state index in [4.69, 9.17) is 0 Å². The van der Waals surface area contributed by atoms with Gasteiger partial charge in [-0.05, 0) is 37.1 Å². The number of carbonyl (C=O) groups is 2. The highest BCUT2D eigenvalue weighted by atomic mass is 19.4. The van der Waals surface area contributed by atoms with Crippen molar-refractivity contribution in [2.45, 2.75) is 26.6 Å². The Morgan fingerprint density at radius 3 is 2.29 bits per heavy atom. The maximum atomic E-state index is 12.8. The maximum absolute atomic E-state index is 12.8. The van der Waals surface area contributed by atoms with Crippen molar-refractivity contribution in [1.29, 1.82) is 0 Å². The van der Waals surface area contributed by atoms with E-state index in [1.54, 1.807) is 0 Å². The van der Waals surface area contributed by atoms with E-state index < -0.39 is 35.7 Å². The number of nitrogens with one attached hydrogen (secondary N) is 1. The summed E-state index contributed by atoms with van der Waals surface area (Å²) in [4.78, 5) is 37.4. The van der Waals surface area contributed by atoms with Crippen LogP contribution in [0, 0.1) is 13.8 Å². The van der Waals surface area contributed by atoms with Crippen molar-refractivity contribution in [1.82, 2.24) is 9.47 Å². The highest BCUT2D eigenvalue weighted by molar-refractivity contribution is 5.95. The molecule has 1 aromatic carbocycles. The zero-order valence-corrected chi connectivity index (χ0v) is 15.6. The van der Waals surface area contributed by atoms with Gasteiger partial charge in [0.15, 0.2) is 0 Å². The summed E-state index contributed by atoms with van der Waals surface area (Å²) in [5.74, 6) is -1.12. The molecule has 6 nitrogen and oxygen atoms in total. The smallest absolute Gasteiger partial charge is 0.335 e. The van der Waals surface area contributed by atoms with Crippen LogP contribution in [0.25, 0.3) is 0 Å². The standard InChI is InChI=1S/C19H20F3N3O3/c1-12-6-4-7-13(2)17(12)23-15(26)10-24(3)16(27)11-25-9-5-8-14(18(25)28)19(20,21)22/h4-9H,10-11H2,1-3H3,(H,23,26). The number of likely N-dealkylation sites (N-methyl/N-ethyl adjacent to an activating group) is 1. The van der Waals surface area contributed by atoms with Crippen molar-refractivity contribution in [2.24, 2.45) is 0 Å². The van der Waals surface area contributed by atoms with Gasteiger partial charge in [0.25, 0.3) is 5.56 Å². The molecule has 1 heterocycles. The number of pyridine rings is 1. The van der Waals surface area contributed by atoms with E-state index in [2.05, 4.69) is 5.32 Å². The summed E-state index contributed by atoms with van der Waals surface area (Å²) in [5.41, 5.74) is -0.298. The summed E-state index contributed by atoms with van der Waals surface area (Å²) in [7, 11) is 1.34. The summed E-state index contributed by atoms with van der Waals surface area (Å²) in [6.07, 6.45) is -3.71. The van der Waals surface area contributed by atoms with Crippen LogP contribution in [0.2, 0.25) is 0 Å². The molecule has 150 valence electrons. The van der Waals surface area contributed by atoms with Gasteiger partial charge >= 0.3 is 6.18 Å². The Labute approximate surface area is 159 Å². The summed E-state index contributed by atoms with van der Waals surface area (Å²) in [6, 6.07) is 7.22. The van der Waals surface area contributed by atoms with E-state index in [1.165, 1.54) is 7.05 Å². The first-order chi connectivity index (χ1) is 13.0. The van der Waals surface area contributed by atoms with Crippen molar-refractivity contribution in [3.63, 3.8) is 0 Å². The predicted molar refractivity (Wildman–Crippen MR) is 97.9 cm³/mol. The number of aromatic nitrogens is 1. The number of benzene rings is 1. The van der Waals surface area contributed by atoms with E-state index in [-0.39, 0.29) is 6.54 Å². The van der Waals surface area contributed by atoms with Crippen LogP contribution in [0.4, 0.5) is 18.9 Å². The Balaban J connectivity index is 2.06. The van der Waals surface area contributed by atoms with Crippen LogP contribution in [-0.4, -0.2) is 34.9 Å². The van der Waals surface area contributed by atoms with Gasteiger partial charge in [-0.1, -0.05) is 18.2 Å². The van der Waals surface area contributed by atoms with Gasteiger partial charge < -0.3 is 14.8 Å². The lowest BCUT2D eigenvalue weighted by atomic mass is 10.1. The Hall–Kier alpha value is -3.10. The largest absolute Gasteiger partial charge is 0.421 e. The fourth-order valence-electron chi connectivity index (χ4n) is 2.64. The first-order valence-corrected chi connectivity index (χ1v) is 8.37. The molecule has 0 aliphatic rings. The van der Waals surface area contributed by atoms with Gasteiger partial charge in [-0.3, -0.25) is 14.4 Å². The lowest BCUT2D eigenvalue weighted by molar-refractivity contribution is -0.139. The molecule has 0 unspecified atom stereocenters. The Bertz CT molecular complexity index is 931. The van der Waals surface area contributed by atoms with Crippen LogP contribution in [0.1, 0.15) is 16.7 Å². The molecule has 0 saturated carbocycles. The van der Waals surface area contributed by atoms with Gasteiger partial charge in [0, 0.05) is 18.9 Å². The monoisotopic (exact) mass is 395 g/mol. The Morgan fingerprint density at radius 2 is 1.71 bits per heavy atom. The molecule has 1 N–H and O–H groups in total. The molecule has 2 aromatic rings. The number of aryl methyl sites for hydroxylation is 2. The molecular weight excluding hydrogens is 375 g/mol. The molecule has 0 fully saturated rings. The van der Waals surface area contributed by atoms with Crippen LogP contribution >= 0.6 is 0 Å². The van der Waals surface area contributed by atoms with Gasteiger partial charge in [-0.2, -0.15) is 13.2 Å². The molecular formula is C19H20F3N3O3. The maximum Gasteiger partial charge on any atom is 0.421 e. The number of nitrogens with zero attached hydrogens (tertiary/aromatic N) is 2. The normalized spacial score (nSPS) is 11.2. The minimum Gasteiger partial charge on any atom is -0.335 e. The van der Waals surface area contributed by atoms with Gasteiger partial charge in [0.1, 0.15) is 12.1 Å². The number of halogens is 3. The second-order valence-corrected chi connectivity index (χ2v) is 6.42. The lowest BCUT2D eigenvalue weighted by Gasteiger charge is -2.19. The van der Waals surface area contributed by atoms with Gasteiger partial charge in [0.05, 0.1) is 6.54 Å². The van der Waals surface area contributed by atoms with Crippen molar-refractivity contribution in [3.05, 3.63) is 63.6 Å². The quantitative estimate of drug-likeness (QED) is 0.846. The van der Waals surface area contributed by atoms with Crippen molar-refractivity contribution in [2.75, 3.05) is 18.9 Å². The van der Waals surface area contributed by atoms with Crippen LogP contribution in [0.15, 0.2) is 41.3 Å². The van der Waals surface area contributed by atoms with Crippen molar-refractivity contribution < 1.29 is 22.8 Å². The molecule has 2 rings (SSSR count). The summed E-state index contributed by atoms with van der Waals surface area (Å²) >= 11 is 0. The lowest BCUT2D eigenvalue weighted by Crippen LogP contribution is -2.39. The highest BCUT2D eigenvalue weighted by Crippen LogP contribution is 2.26. The molecule has 0 atom stereocenters. The van der Waals surface area contributed by atoms with Crippen molar-refractivity contribution in [3.8, 4) is 0 Å². The second-order valence-electron chi connectivity index (χ2n) is 6.42. The fourth-order valence-corrected chi connectivity index (χ4v) is 2.64. The third kappa shape index (κ3) is 4.99. The van der Waals surface area contributed by atoms with Crippen LogP contribution in [0.3, 0.4) is 0 Å². The number of hydrogen-bond acceptors (Lipinski definition) is 3. The number of rotatable bonds is 5. The molecule has 0 radical (unpaired) electrons. The van der Waals surface area contributed by atoms with Crippen LogP contribution in [0.5, 0.6) is 0 Å². The summed E-state index contributed by atoms with van der Waals surface area (Å²) < 4.78 is 39.1. The Kier molecular flexibility index (Phi) is 6.27. The van der Waals surface area contributed by atoms with Crippen LogP contribution < -0.4 is 10.9 Å². The minimum atomic E-state index is -4.81. The second kappa shape index (κ2) is 8.28. The third-order valence-electron chi connectivity index (χ3n) is 4.18. The number of carbonyl (C=O) groups excluding carboxylic acids is 2. The molecule has 9 heteroatoms. The molecule has 0 aliphatic heterocycles. The average Bonchev–Trinajstić information content (AvgIpc) is 2.59. The van der Waals surface area contributed by atoms with E-state index in [0.717, 1.165) is 28.3 Å². The number of para-hydroxylation sites is 1. The SMILES string of the molecule is Cc1cccc(C)c1NC(=O)CN(C)C(=O)Cn1cccc(C(F)(F)F)c1=O. The summed E-state index contributed by atoms with van der Waals surface area (Å²) in [5, 5.41) is 2.72. The average molecular weight is 395 g/mol. The summed E-state index contributed by atoms with van der Waals surface area (Å²) in [6.45, 7) is 2.76. The molecule has 1 aromatic heterocycles. The van der Waals surface area contributed by atoms with E-state index in [1.807, 2.05) is 32.0 Å². The molecule has 0 aliphatic carbocycles. The number of alkyl halides is 3. The number of hydrogen-bond donors (Lipinski definition) is 1. The first kappa shape index (κ1) is 21.2. The molecule has 0 spiro atoms. The molecule has 28 heavy (non-hydrogen) atoms. The molecule has 0 saturated heterocycles. The van der Waals surface area contributed by atoms with Crippen molar-refractivity contribution >= 4 is 17.5 Å². The predicted octanol–water partition coefficient (Wildman–Crippen LogP) is 2.58. The van der Waals surface area contributed by atoms with Gasteiger partial charge in [-0.15, -0.1) is 0 Å². The zero-order chi connectivity index (χ0) is 21.1. The minimum absolute atomic E-state index is 0.305. The fraction of sp³-hybridized carbons (Fsp3) is 0.316. The third-order valence-corrected chi connectivity index (χ3v) is 4.18. The topological polar surface area (TPSA) is 71.4 Å². The van der Waals surface area contributed by atoms with Crippen LogP contribution in [-0.2, 0) is 22.3 Å². The zero-order valence-electron chi connectivity index (χ0n) is 15.6. The van der Waals surface area contributed by atoms with Gasteiger partial charge in [0.2, 0.25) is 11.8 Å². The Morgan fingerprint density at radius 1 is 1.11 bits per heavy atom. The first-order valence-electron chi connectivity index (χ1n) is 8.37. The highest BCUT2D eigenvalue weighted by Gasteiger charge is 2.34.